The lowest BCUT2D eigenvalue weighted by Gasteiger charge is -2.15. The molecule has 0 aliphatic rings. The van der Waals surface area contributed by atoms with Gasteiger partial charge in [0.15, 0.2) is 0 Å². The number of hydrogen-bond donors (Lipinski definition) is 0. The Balaban J connectivity index is 0.707. The topological polar surface area (TPSA) is 29.6 Å². The number of benzene rings is 15. The molecule has 15 aromatic carbocycles. The van der Waals surface area contributed by atoms with Gasteiger partial charge in [-0.05, 0) is 151 Å². The van der Waals surface area contributed by atoms with Crippen LogP contribution in [0.15, 0.2) is 328 Å². The van der Waals surface area contributed by atoms with Crippen LogP contribution in [-0.2, 0) is 0 Å². The predicted molar refractivity (Wildman–Crippen MR) is 411 cm³/mol. The van der Waals surface area contributed by atoms with Gasteiger partial charge in [0.25, 0.3) is 0 Å². The lowest BCUT2D eigenvalue weighted by molar-refractivity contribution is 1.13. The Morgan fingerprint density at radius 3 is 0.948 bits per heavy atom. The van der Waals surface area contributed by atoms with Gasteiger partial charge in [0.2, 0.25) is 0 Å². The molecule has 0 aliphatic heterocycles. The van der Waals surface area contributed by atoms with Crippen LogP contribution in [0.4, 0.5) is 0 Å². The van der Waals surface area contributed by atoms with Crippen molar-refractivity contribution in [1.29, 1.82) is 0 Å². The Bertz CT molecular complexity index is 7110. The van der Waals surface area contributed by atoms with E-state index in [1.807, 2.05) is 11.3 Å². The number of rotatable bonds is 7. The van der Waals surface area contributed by atoms with Crippen LogP contribution in [0.5, 0.6) is 0 Å². The Labute approximate surface area is 559 Å². The van der Waals surface area contributed by atoms with Crippen LogP contribution in [0, 0.1) is 0 Å². The summed E-state index contributed by atoms with van der Waals surface area (Å²) in [7, 11) is 0. The first-order valence-electron chi connectivity index (χ1n) is 33.3. The Hall–Kier alpha value is -12.7. The van der Waals surface area contributed by atoms with Crippen molar-refractivity contribution in [2.24, 2.45) is 0 Å². The number of fused-ring (bicyclic) bond motifs is 23. The molecule has 7 aromatic heterocycles. The number of para-hydroxylation sites is 7. The Morgan fingerprint density at radius 2 is 0.454 bits per heavy atom. The van der Waals surface area contributed by atoms with Gasteiger partial charge in [-0.25, -0.2) is 0 Å². The van der Waals surface area contributed by atoms with Crippen LogP contribution in [0.2, 0.25) is 0 Å². The molecule has 0 bridgehead atoms. The van der Waals surface area contributed by atoms with E-state index in [2.05, 4.69) is 355 Å². The summed E-state index contributed by atoms with van der Waals surface area (Å²) in [6, 6.07) is 122. The van der Waals surface area contributed by atoms with E-state index < -0.39 is 0 Å². The number of nitrogens with zero attached hydrogens (tertiary/aromatic N) is 6. The van der Waals surface area contributed by atoms with E-state index in [0.29, 0.717) is 0 Å². The van der Waals surface area contributed by atoms with E-state index in [4.69, 9.17) is 0 Å². The minimum Gasteiger partial charge on any atom is -0.309 e. The first-order valence-corrected chi connectivity index (χ1v) is 34.1. The summed E-state index contributed by atoms with van der Waals surface area (Å²) < 4.78 is 17.5. The molecule has 0 aliphatic carbocycles. The van der Waals surface area contributed by atoms with Gasteiger partial charge in [0.1, 0.15) is 0 Å². The van der Waals surface area contributed by atoms with Crippen molar-refractivity contribution in [1.82, 2.24) is 27.4 Å². The lowest BCUT2D eigenvalue weighted by atomic mass is 10.0. The molecule has 0 saturated carbocycles. The van der Waals surface area contributed by atoms with Gasteiger partial charge in [-0.3, -0.25) is 0 Å². The maximum absolute atomic E-state index is 2.52. The van der Waals surface area contributed by atoms with E-state index in [-0.39, 0.29) is 0 Å². The molecule has 450 valence electrons. The highest BCUT2D eigenvalue weighted by molar-refractivity contribution is 7.25. The van der Waals surface area contributed by atoms with Crippen LogP contribution in [0.25, 0.3) is 196 Å². The molecule has 97 heavy (non-hydrogen) atoms. The quantitative estimate of drug-likeness (QED) is 0.152. The average molecular weight is 1250 g/mol. The molecule has 0 unspecified atom stereocenters. The molecule has 22 rings (SSSR count). The molecule has 7 heterocycles. The molecule has 0 radical (unpaired) electrons. The van der Waals surface area contributed by atoms with Gasteiger partial charge in [-0.1, -0.05) is 188 Å². The fourth-order valence-electron chi connectivity index (χ4n) is 16.9. The second kappa shape index (κ2) is 19.9. The first kappa shape index (κ1) is 52.8. The zero-order valence-corrected chi connectivity index (χ0v) is 53.1. The second-order valence-electron chi connectivity index (χ2n) is 25.9. The zero-order chi connectivity index (χ0) is 63.1. The molecule has 0 spiro atoms. The number of hydrogen-bond acceptors (Lipinski definition) is 1. The highest BCUT2D eigenvalue weighted by Gasteiger charge is 2.26. The largest absolute Gasteiger partial charge is 0.309 e. The lowest BCUT2D eigenvalue weighted by Crippen LogP contribution is -2.00. The standard InChI is InChI=1S/C90H54N6S/c1-3-19-57(20-4-1)93-79-31-15-7-23-63(79)70-44-45-71-64-24-8-16-32-80(64)94(88(71)87(70)93)59-37-39-60(40-38-59)95-81-33-17-9-25-65(81)72-46-47-73-68-43-35-56(52-84(68)96(90(73)89(72)95)58-21-5-2-6-22-58)55-36-48-82-74(51-55)66-26-10-13-29-77(66)91(82)61-41-49-83-75(53-61)67-27-11-14-30-78(67)92(83)62-42-50-86-76(54-62)69-28-12-18-34-85(69)97-86/h1-54H. The molecule has 22 aromatic rings. The molecule has 7 heteroatoms. The highest BCUT2D eigenvalue weighted by Crippen LogP contribution is 2.47. The van der Waals surface area contributed by atoms with Gasteiger partial charge in [0.05, 0.1) is 66.2 Å². The summed E-state index contributed by atoms with van der Waals surface area (Å²) in [6.07, 6.45) is 0. The fourth-order valence-corrected chi connectivity index (χ4v) is 18.0. The van der Waals surface area contributed by atoms with Crippen LogP contribution < -0.4 is 0 Å². The predicted octanol–water partition coefficient (Wildman–Crippen LogP) is 24.3. The maximum atomic E-state index is 2.52. The Morgan fingerprint density at radius 1 is 0.155 bits per heavy atom. The summed E-state index contributed by atoms with van der Waals surface area (Å²) in [6.45, 7) is 0. The molecule has 0 saturated heterocycles. The van der Waals surface area contributed by atoms with Crippen molar-refractivity contribution < 1.29 is 0 Å². The molecule has 0 fully saturated rings. The van der Waals surface area contributed by atoms with Crippen LogP contribution in [0.3, 0.4) is 0 Å². The van der Waals surface area contributed by atoms with E-state index in [1.54, 1.807) is 0 Å². The van der Waals surface area contributed by atoms with E-state index in [9.17, 15) is 0 Å². The Kier molecular flexibility index (Phi) is 10.8. The second-order valence-corrected chi connectivity index (χ2v) is 27.0. The van der Waals surface area contributed by atoms with E-state index in [0.717, 1.165) is 45.0 Å². The van der Waals surface area contributed by atoms with Crippen molar-refractivity contribution in [2.45, 2.75) is 0 Å². The van der Waals surface area contributed by atoms with E-state index >= 15 is 0 Å². The maximum Gasteiger partial charge on any atom is 0.0788 e. The van der Waals surface area contributed by atoms with Gasteiger partial charge in [-0.2, -0.15) is 0 Å². The normalized spacial score (nSPS) is 12.3. The average Bonchev–Trinajstić information content (AvgIpc) is 1.56. The van der Waals surface area contributed by atoms with Gasteiger partial charge in [0, 0.05) is 119 Å². The molecular formula is C90H54N6S. The summed E-state index contributed by atoms with van der Waals surface area (Å²) in [5.41, 5.74) is 23.2. The number of aromatic nitrogens is 6. The smallest absolute Gasteiger partial charge is 0.0788 e. The minimum atomic E-state index is 1.09. The molecule has 0 amide bonds. The molecule has 0 atom stereocenters. The summed E-state index contributed by atoms with van der Waals surface area (Å²) in [5.74, 6) is 0. The van der Waals surface area contributed by atoms with E-state index in [1.165, 1.54) is 151 Å². The SMILES string of the molecule is c1ccc(-n2c3ccccc3c3ccc4c5ccccc5n(-c5ccc(-n6c7ccccc7c7ccc8c9ccc(-c%10ccc%11c(c%10)c%10ccccc%10n%11-c%10ccc%11c(c%10)c%10ccccc%10n%11-c%10ccc%11sc%12ccccc%12c%11c%10)cc9n(-c9ccccc9)c8c76)cc5)c4c32)cc1. The highest BCUT2D eigenvalue weighted by atomic mass is 32.1. The molecule has 0 N–H and O–H groups in total. The van der Waals surface area contributed by atoms with Crippen molar-refractivity contribution in [3.05, 3.63) is 328 Å². The van der Waals surface area contributed by atoms with Gasteiger partial charge in [-0.15, -0.1) is 11.3 Å². The zero-order valence-electron chi connectivity index (χ0n) is 52.3. The molecular weight excluding hydrogens is 1200 g/mol. The van der Waals surface area contributed by atoms with Crippen molar-refractivity contribution >= 4 is 162 Å². The third-order valence-electron chi connectivity index (χ3n) is 21.0. The van der Waals surface area contributed by atoms with Crippen molar-refractivity contribution in [2.75, 3.05) is 0 Å². The minimum absolute atomic E-state index is 1.09. The van der Waals surface area contributed by atoms with Crippen LogP contribution in [0.1, 0.15) is 0 Å². The van der Waals surface area contributed by atoms with Crippen molar-refractivity contribution in [3.63, 3.8) is 0 Å². The van der Waals surface area contributed by atoms with Crippen LogP contribution in [-0.4, -0.2) is 27.4 Å². The van der Waals surface area contributed by atoms with Crippen molar-refractivity contribution in [3.8, 4) is 45.3 Å². The summed E-state index contributed by atoms with van der Waals surface area (Å²) >= 11 is 1.86. The number of thiophene rings is 1. The third-order valence-corrected chi connectivity index (χ3v) is 22.1. The molecule has 6 nitrogen and oxygen atoms in total. The van der Waals surface area contributed by atoms with Gasteiger partial charge >= 0.3 is 0 Å². The summed E-state index contributed by atoms with van der Waals surface area (Å²) in [5, 5.41) is 17.3. The van der Waals surface area contributed by atoms with Gasteiger partial charge < -0.3 is 27.4 Å². The fraction of sp³-hybridized carbons (Fsp3) is 0. The summed E-state index contributed by atoms with van der Waals surface area (Å²) in [4.78, 5) is 0. The monoisotopic (exact) mass is 1250 g/mol. The first-order chi connectivity index (χ1) is 48.1. The van der Waals surface area contributed by atoms with Crippen LogP contribution >= 0.6 is 11.3 Å². The third kappa shape index (κ3) is 7.38.